The van der Waals surface area contributed by atoms with Gasteiger partial charge in [0.2, 0.25) is 0 Å². The van der Waals surface area contributed by atoms with Crippen LogP contribution in [-0.2, 0) is 0 Å². The van der Waals surface area contributed by atoms with E-state index in [0.29, 0.717) is 6.04 Å². The molecule has 0 radical (unpaired) electrons. The van der Waals surface area contributed by atoms with Crippen LogP contribution in [0.1, 0.15) is 45.7 Å². The molecule has 0 amide bonds. The summed E-state index contributed by atoms with van der Waals surface area (Å²) in [4.78, 5) is 1.40. The minimum absolute atomic E-state index is 0.323. The van der Waals surface area contributed by atoms with E-state index in [1.807, 2.05) is 11.3 Å². The van der Waals surface area contributed by atoms with Gasteiger partial charge >= 0.3 is 0 Å². The summed E-state index contributed by atoms with van der Waals surface area (Å²) in [5.74, 6) is 0. The molecule has 1 nitrogen and oxygen atoms in total. The minimum Gasteiger partial charge on any atom is -0.306 e. The van der Waals surface area contributed by atoms with Gasteiger partial charge in [0.05, 0.1) is 6.04 Å². The van der Waals surface area contributed by atoms with Crippen molar-refractivity contribution in [1.29, 1.82) is 0 Å². The molecule has 19 heavy (non-hydrogen) atoms. The summed E-state index contributed by atoms with van der Waals surface area (Å²) in [5.41, 5.74) is 7.07. The van der Waals surface area contributed by atoms with E-state index >= 15 is 0 Å². The van der Waals surface area contributed by atoms with Gasteiger partial charge in [-0.15, -0.1) is 11.3 Å². The highest BCUT2D eigenvalue weighted by Gasteiger charge is 2.20. The Bertz CT molecular complexity index is 529. The zero-order chi connectivity index (χ0) is 14.0. The first-order chi connectivity index (χ1) is 9.06. The summed E-state index contributed by atoms with van der Waals surface area (Å²) in [7, 11) is 0. The predicted octanol–water partition coefficient (Wildman–Crippen LogP) is 4.68. The summed E-state index contributed by atoms with van der Waals surface area (Å²) >= 11 is 1.83. The lowest BCUT2D eigenvalue weighted by Crippen LogP contribution is -2.23. The number of thiophene rings is 1. The highest BCUT2D eigenvalue weighted by atomic mass is 32.1. The van der Waals surface area contributed by atoms with Crippen molar-refractivity contribution in [1.82, 2.24) is 5.32 Å². The molecule has 2 aromatic rings. The lowest BCUT2D eigenvalue weighted by Gasteiger charge is -2.24. The van der Waals surface area contributed by atoms with Gasteiger partial charge in [0.1, 0.15) is 0 Å². The molecule has 1 aromatic carbocycles. The van der Waals surface area contributed by atoms with Gasteiger partial charge in [0.15, 0.2) is 0 Å². The molecule has 0 aliphatic heterocycles. The topological polar surface area (TPSA) is 12.0 Å². The van der Waals surface area contributed by atoms with Gasteiger partial charge in [-0.3, -0.25) is 0 Å². The van der Waals surface area contributed by atoms with Crippen LogP contribution in [0.2, 0.25) is 0 Å². The molecule has 1 atom stereocenters. The Hall–Kier alpha value is -1.12. The van der Waals surface area contributed by atoms with E-state index < -0.39 is 0 Å². The second-order valence-corrected chi connectivity index (χ2v) is 6.16. The SMILES string of the molecule is CCNC(c1cccs1)c1c(C)c(C)cc(C)c1C. The first kappa shape index (κ1) is 14.3. The van der Waals surface area contributed by atoms with Crippen LogP contribution >= 0.6 is 11.3 Å². The number of hydrogen-bond acceptors (Lipinski definition) is 2. The molecule has 0 aliphatic rings. The van der Waals surface area contributed by atoms with Gasteiger partial charge in [-0.05, 0) is 73.5 Å². The van der Waals surface area contributed by atoms with E-state index in [1.165, 1.54) is 32.7 Å². The second-order valence-electron chi connectivity index (χ2n) is 5.18. The van der Waals surface area contributed by atoms with Crippen molar-refractivity contribution >= 4 is 11.3 Å². The van der Waals surface area contributed by atoms with Crippen LogP contribution < -0.4 is 5.32 Å². The van der Waals surface area contributed by atoms with Gasteiger partial charge in [-0.25, -0.2) is 0 Å². The Kier molecular flexibility index (Phi) is 4.43. The van der Waals surface area contributed by atoms with Crippen molar-refractivity contribution in [3.05, 3.63) is 56.3 Å². The molecule has 2 heteroatoms. The van der Waals surface area contributed by atoms with Gasteiger partial charge in [-0.2, -0.15) is 0 Å². The zero-order valence-electron chi connectivity index (χ0n) is 12.5. The molecular formula is C17H23NS. The molecule has 2 rings (SSSR count). The van der Waals surface area contributed by atoms with Crippen molar-refractivity contribution < 1.29 is 0 Å². The van der Waals surface area contributed by atoms with E-state index in [1.54, 1.807) is 0 Å². The van der Waals surface area contributed by atoms with Crippen molar-refractivity contribution in [3.8, 4) is 0 Å². The maximum atomic E-state index is 3.65. The highest BCUT2D eigenvalue weighted by Crippen LogP contribution is 2.33. The molecule has 0 saturated carbocycles. The van der Waals surface area contributed by atoms with Crippen LogP contribution in [0.3, 0.4) is 0 Å². The van der Waals surface area contributed by atoms with E-state index in [-0.39, 0.29) is 0 Å². The molecule has 102 valence electrons. The maximum Gasteiger partial charge on any atom is 0.0676 e. The maximum absolute atomic E-state index is 3.65. The standard InChI is InChI=1S/C17H23NS/c1-6-18-17(15-8-7-9-19-15)16-13(4)11(2)10-12(3)14(16)5/h7-10,17-18H,6H2,1-5H3. The second kappa shape index (κ2) is 5.89. The fourth-order valence-corrected chi connectivity index (χ4v) is 3.49. The quantitative estimate of drug-likeness (QED) is 0.853. The Morgan fingerprint density at radius 2 is 1.74 bits per heavy atom. The first-order valence-electron chi connectivity index (χ1n) is 6.90. The van der Waals surface area contributed by atoms with Gasteiger partial charge in [0, 0.05) is 4.88 Å². The van der Waals surface area contributed by atoms with Crippen LogP contribution in [0, 0.1) is 27.7 Å². The van der Waals surface area contributed by atoms with E-state index in [0.717, 1.165) is 6.54 Å². The highest BCUT2D eigenvalue weighted by molar-refractivity contribution is 7.10. The largest absolute Gasteiger partial charge is 0.306 e. The zero-order valence-corrected chi connectivity index (χ0v) is 13.3. The Labute approximate surface area is 120 Å². The van der Waals surface area contributed by atoms with Crippen LogP contribution in [0.5, 0.6) is 0 Å². The van der Waals surface area contributed by atoms with Crippen LogP contribution in [0.15, 0.2) is 23.6 Å². The van der Waals surface area contributed by atoms with E-state index in [2.05, 4.69) is 63.5 Å². The molecule has 1 aromatic heterocycles. The average molecular weight is 273 g/mol. The predicted molar refractivity (Wildman–Crippen MR) is 85.2 cm³/mol. The summed E-state index contributed by atoms with van der Waals surface area (Å²) in [5, 5.41) is 5.81. The van der Waals surface area contributed by atoms with Crippen LogP contribution in [-0.4, -0.2) is 6.54 Å². The Morgan fingerprint density at radius 3 is 2.21 bits per heavy atom. The number of aryl methyl sites for hydroxylation is 2. The number of hydrogen-bond donors (Lipinski definition) is 1. The summed E-state index contributed by atoms with van der Waals surface area (Å²) in [6.45, 7) is 12.1. The van der Waals surface area contributed by atoms with Crippen molar-refractivity contribution in [2.24, 2.45) is 0 Å². The molecule has 0 spiro atoms. The molecule has 1 N–H and O–H groups in total. The van der Waals surface area contributed by atoms with Crippen LogP contribution in [0.4, 0.5) is 0 Å². The van der Waals surface area contributed by atoms with Crippen molar-refractivity contribution in [2.75, 3.05) is 6.54 Å². The van der Waals surface area contributed by atoms with Crippen molar-refractivity contribution in [2.45, 2.75) is 40.7 Å². The minimum atomic E-state index is 0.323. The third-order valence-electron chi connectivity index (χ3n) is 3.95. The molecule has 0 fully saturated rings. The van der Waals surface area contributed by atoms with Gasteiger partial charge in [-0.1, -0.05) is 19.1 Å². The molecular weight excluding hydrogens is 250 g/mol. The number of benzene rings is 1. The number of rotatable bonds is 4. The van der Waals surface area contributed by atoms with Gasteiger partial charge in [0.25, 0.3) is 0 Å². The Morgan fingerprint density at radius 1 is 1.11 bits per heavy atom. The summed E-state index contributed by atoms with van der Waals surface area (Å²) in [6.07, 6.45) is 0. The first-order valence-corrected chi connectivity index (χ1v) is 7.78. The third kappa shape index (κ3) is 2.75. The summed E-state index contributed by atoms with van der Waals surface area (Å²) < 4.78 is 0. The lowest BCUT2D eigenvalue weighted by molar-refractivity contribution is 0.632. The third-order valence-corrected chi connectivity index (χ3v) is 4.89. The average Bonchev–Trinajstić information content (AvgIpc) is 2.89. The summed E-state index contributed by atoms with van der Waals surface area (Å²) in [6, 6.07) is 6.99. The normalized spacial score (nSPS) is 12.7. The number of nitrogens with one attached hydrogen (secondary N) is 1. The smallest absolute Gasteiger partial charge is 0.0676 e. The van der Waals surface area contributed by atoms with Crippen molar-refractivity contribution in [3.63, 3.8) is 0 Å². The monoisotopic (exact) mass is 273 g/mol. The molecule has 0 saturated heterocycles. The lowest BCUT2D eigenvalue weighted by atomic mass is 9.89. The molecule has 1 heterocycles. The fraction of sp³-hybridized carbons (Fsp3) is 0.412. The molecule has 0 bridgehead atoms. The van der Waals surface area contributed by atoms with Gasteiger partial charge < -0.3 is 5.32 Å². The van der Waals surface area contributed by atoms with E-state index in [4.69, 9.17) is 0 Å². The molecule has 1 unspecified atom stereocenters. The van der Waals surface area contributed by atoms with E-state index in [9.17, 15) is 0 Å². The molecule has 0 aliphatic carbocycles. The Balaban J connectivity index is 2.60. The van der Waals surface area contributed by atoms with Crippen LogP contribution in [0.25, 0.3) is 0 Å². The fourth-order valence-electron chi connectivity index (χ4n) is 2.68.